The van der Waals surface area contributed by atoms with Crippen molar-refractivity contribution in [3.63, 3.8) is 0 Å². The molecule has 0 bridgehead atoms. The second-order valence-electron chi connectivity index (χ2n) is 2.80. The summed E-state index contributed by atoms with van der Waals surface area (Å²) in [6, 6.07) is 0. The first-order valence-electron chi connectivity index (χ1n) is 4.20. The van der Waals surface area contributed by atoms with Crippen molar-refractivity contribution in [2.45, 2.75) is 0 Å². The molecule has 0 spiro atoms. The summed E-state index contributed by atoms with van der Waals surface area (Å²) in [6.45, 7) is 0.654. The first-order chi connectivity index (χ1) is 7.29. The van der Waals surface area contributed by atoms with Gasteiger partial charge in [-0.25, -0.2) is 0 Å². The Labute approximate surface area is 95.3 Å². The number of amides is 1. The van der Waals surface area contributed by atoms with E-state index in [2.05, 4.69) is 14.7 Å². The molecule has 1 aliphatic rings. The highest BCUT2D eigenvalue weighted by atomic mass is 32.2. The van der Waals surface area contributed by atoms with Gasteiger partial charge in [0.1, 0.15) is 0 Å². The molecule has 1 aliphatic heterocycles. The summed E-state index contributed by atoms with van der Waals surface area (Å²) < 4.78 is 3.59. The monoisotopic (exact) mass is 240 g/mol. The highest BCUT2D eigenvalue weighted by molar-refractivity contribution is 7.73. The number of aromatic nitrogens is 2. The lowest BCUT2D eigenvalue weighted by Gasteiger charge is -2.18. The second-order valence-corrected chi connectivity index (χ2v) is 4.24. The lowest BCUT2D eigenvalue weighted by Crippen LogP contribution is -2.23. The Morgan fingerprint density at radius 3 is 3.13 bits per heavy atom. The van der Waals surface area contributed by atoms with Gasteiger partial charge in [0.05, 0.1) is 0 Å². The molecule has 1 amide bonds. The minimum Gasteiger partial charge on any atom is -0.329 e. The van der Waals surface area contributed by atoms with Crippen molar-refractivity contribution >= 4 is 36.1 Å². The third-order valence-electron chi connectivity index (χ3n) is 1.87. The molecule has 78 valence electrons. The van der Waals surface area contributed by atoms with E-state index in [4.69, 9.17) is 12.2 Å². The first-order valence-corrected chi connectivity index (χ1v) is 5.43. The van der Waals surface area contributed by atoms with Gasteiger partial charge in [-0.2, -0.15) is 4.98 Å². The van der Waals surface area contributed by atoms with Crippen LogP contribution in [0.2, 0.25) is 0 Å². The van der Waals surface area contributed by atoms with Crippen LogP contribution in [0.15, 0.2) is 24.0 Å². The molecule has 7 heteroatoms. The van der Waals surface area contributed by atoms with Crippen molar-refractivity contribution in [3.05, 3.63) is 28.0 Å². The Bertz CT molecular complexity index is 473. The van der Waals surface area contributed by atoms with Gasteiger partial charge in [-0.15, -0.1) is 0 Å². The fourth-order valence-electron chi connectivity index (χ4n) is 1.17. The van der Waals surface area contributed by atoms with Crippen LogP contribution in [0, 0.1) is 3.95 Å². The van der Waals surface area contributed by atoms with Crippen molar-refractivity contribution in [2.75, 3.05) is 11.4 Å². The summed E-state index contributed by atoms with van der Waals surface area (Å²) in [5.41, 5.74) is 0.787. The zero-order valence-corrected chi connectivity index (χ0v) is 9.27. The van der Waals surface area contributed by atoms with Gasteiger partial charge in [0.2, 0.25) is 12.4 Å². The van der Waals surface area contributed by atoms with E-state index in [1.807, 2.05) is 17.2 Å². The Morgan fingerprint density at radius 1 is 1.73 bits per heavy atom. The summed E-state index contributed by atoms with van der Waals surface area (Å²) in [4.78, 5) is 16.2. The Hall–Kier alpha value is -1.47. The molecule has 1 aromatic rings. The van der Waals surface area contributed by atoms with E-state index in [1.165, 1.54) is 11.5 Å². The number of anilines is 1. The Balaban J connectivity index is 2.09. The average Bonchev–Trinajstić information content (AvgIpc) is 2.67. The molecule has 0 saturated heterocycles. The van der Waals surface area contributed by atoms with Crippen molar-refractivity contribution < 1.29 is 4.79 Å². The Morgan fingerprint density at radius 2 is 2.60 bits per heavy atom. The van der Waals surface area contributed by atoms with Gasteiger partial charge in [0, 0.05) is 18.4 Å². The molecule has 0 saturated carbocycles. The molecule has 0 radical (unpaired) electrons. The van der Waals surface area contributed by atoms with Gasteiger partial charge in [-0.05, 0) is 35.9 Å². The molecule has 2 rings (SSSR count). The van der Waals surface area contributed by atoms with Gasteiger partial charge in [0.15, 0.2) is 3.95 Å². The maximum atomic E-state index is 10.2. The smallest absolute Gasteiger partial charge is 0.218 e. The summed E-state index contributed by atoms with van der Waals surface area (Å²) in [6.07, 6.45) is 6.19. The molecule has 0 aliphatic carbocycles. The van der Waals surface area contributed by atoms with E-state index in [0.717, 1.165) is 11.6 Å². The van der Waals surface area contributed by atoms with E-state index >= 15 is 0 Å². The largest absolute Gasteiger partial charge is 0.329 e. The normalized spacial score (nSPS) is 14.9. The van der Waals surface area contributed by atoms with Crippen LogP contribution in [-0.2, 0) is 4.79 Å². The SMILES string of the molecule is O=CNC1=CCN(c2nc(=S)s[nH]2)C=C1. The van der Waals surface area contributed by atoms with E-state index < -0.39 is 0 Å². The van der Waals surface area contributed by atoms with Gasteiger partial charge in [0.25, 0.3) is 0 Å². The van der Waals surface area contributed by atoms with Crippen molar-refractivity contribution in [2.24, 2.45) is 0 Å². The predicted molar refractivity (Wildman–Crippen MR) is 61.1 cm³/mol. The highest BCUT2D eigenvalue weighted by Crippen LogP contribution is 2.14. The molecule has 15 heavy (non-hydrogen) atoms. The zero-order chi connectivity index (χ0) is 10.7. The molecular formula is C8H8N4OS2. The topological polar surface area (TPSA) is 61.0 Å². The highest BCUT2D eigenvalue weighted by Gasteiger charge is 2.08. The molecule has 5 nitrogen and oxygen atoms in total. The summed E-state index contributed by atoms with van der Waals surface area (Å²) in [7, 11) is 0. The lowest BCUT2D eigenvalue weighted by atomic mass is 10.3. The van der Waals surface area contributed by atoms with Gasteiger partial charge in [-0.1, -0.05) is 0 Å². The van der Waals surface area contributed by atoms with Gasteiger partial charge in [-0.3, -0.25) is 9.17 Å². The van der Waals surface area contributed by atoms with E-state index in [-0.39, 0.29) is 0 Å². The first kappa shape index (κ1) is 10.1. The molecule has 0 aromatic carbocycles. The quantitative estimate of drug-likeness (QED) is 0.615. The number of hydrogen-bond acceptors (Lipinski definition) is 5. The fraction of sp³-hybridized carbons (Fsp3) is 0.125. The third kappa shape index (κ3) is 2.31. The van der Waals surface area contributed by atoms with Crippen molar-refractivity contribution in [1.29, 1.82) is 0 Å². The van der Waals surface area contributed by atoms with Crippen LogP contribution < -0.4 is 10.2 Å². The number of rotatable bonds is 3. The van der Waals surface area contributed by atoms with Crippen LogP contribution in [-0.4, -0.2) is 22.3 Å². The lowest BCUT2D eigenvalue weighted by molar-refractivity contribution is -0.108. The number of nitrogens with zero attached hydrogens (tertiary/aromatic N) is 2. The maximum absolute atomic E-state index is 10.2. The maximum Gasteiger partial charge on any atom is 0.218 e. The van der Waals surface area contributed by atoms with E-state index in [0.29, 0.717) is 16.9 Å². The number of allylic oxidation sites excluding steroid dienone is 1. The molecular weight excluding hydrogens is 232 g/mol. The van der Waals surface area contributed by atoms with Crippen molar-refractivity contribution in [3.8, 4) is 0 Å². The number of H-pyrrole nitrogens is 1. The zero-order valence-electron chi connectivity index (χ0n) is 7.64. The van der Waals surface area contributed by atoms with Gasteiger partial charge >= 0.3 is 0 Å². The van der Waals surface area contributed by atoms with Crippen LogP contribution in [0.5, 0.6) is 0 Å². The Kier molecular flexibility index (Phi) is 2.93. The van der Waals surface area contributed by atoms with Crippen LogP contribution >= 0.6 is 23.8 Å². The molecule has 0 unspecified atom stereocenters. The summed E-state index contributed by atoms with van der Waals surface area (Å²) >= 11 is 6.24. The number of nitrogens with one attached hydrogen (secondary N) is 2. The molecule has 1 aromatic heterocycles. The predicted octanol–water partition coefficient (Wildman–Crippen LogP) is 1.16. The number of carbonyl (C=O) groups excluding carboxylic acids is 1. The minimum atomic E-state index is 0.583. The fourth-order valence-corrected chi connectivity index (χ4v) is 1.86. The standard InChI is InChI=1S/C8H8N4OS2/c13-5-9-6-1-3-12(4-2-6)7-10-8(14)15-11-7/h1-3,5H,4H2,(H,9,13)(H,10,11,14). The summed E-state index contributed by atoms with van der Waals surface area (Å²) in [5, 5.41) is 2.58. The van der Waals surface area contributed by atoms with E-state index in [1.54, 1.807) is 6.08 Å². The van der Waals surface area contributed by atoms with Crippen LogP contribution in [0.3, 0.4) is 0 Å². The molecule has 0 fully saturated rings. The average molecular weight is 240 g/mol. The van der Waals surface area contributed by atoms with E-state index in [9.17, 15) is 4.79 Å². The van der Waals surface area contributed by atoms with Crippen LogP contribution in [0.1, 0.15) is 0 Å². The van der Waals surface area contributed by atoms with Gasteiger partial charge < -0.3 is 10.2 Å². The summed E-state index contributed by atoms with van der Waals surface area (Å²) in [5.74, 6) is 0.725. The molecule has 0 atom stereocenters. The number of carbonyl (C=O) groups is 1. The second kappa shape index (κ2) is 4.37. The number of hydrogen-bond donors (Lipinski definition) is 2. The van der Waals surface area contributed by atoms with Crippen LogP contribution in [0.25, 0.3) is 0 Å². The molecule has 2 heterocycles. The third-order valence-corrected chi connectivity index (χ3v) is 2.76. The van der Waals surface area contributed by atoms with Crippen molar-refractivity contribution in [1.82, 2.24) is 14.7 Å². The van der Waals surface area contributed by atoms with Crippen LogP contribution in [0.4, 0.5) is 5.95 Å². The molecule has 2 N–H and O–H groups in total. The minimum absolute atomic E-state index is 0.583. The number of aromatic amines is 1.